The molecule has 0 saturated carbocycles. The largest absolute Gasteiger partial charge is 0.397 e. The molecule has 0 unspecified atom stereocenters. The molecule has 1 aromatic heterocycles. The fourth-order valence-corrected chi connectivity index (χ4v) is 3.63. The molecule has 1 heterocycles. The molecular weight excluding hydrogens is 508 g/mol. The van der Waals surface area contributed by atoms with Crippen LogP contribution in [0.25, 0.3) is 0 Å². The molecule has 0 bridgehead atoms. The number of nitrogens with two attached hydrogens (primary N) is 2. The van der Waals surface area contributed by atoms with Gasteiger partial charge in [0.25, 0.3) is 0 Å². The number of hydrogen-bond acceptors (Lipinski definition) is 5. The third-order valence-corrected chi connectivity index (χ3v) is 5.34. The summed E-state index contributed by atoms with van der Waals surface area (Å²) in [6, 6.07) is 25.1. The lowest BCUT2D eigenvalue weighted by Crippen LogP contribution is -2.05. The molecule has 0 radical (unpaired) electrons. The van der Waals surface area contributed by atoms with E-state index in [2.05, 4.69) is 59.3 Å². The van der Waals surface area contributed by atoms with Gasteiger partial charge in [-0.15, -0.1) is 0 Å². The average molecular weight is 528 g/mol. The van der Waals surface area contributed by atoms with E-state index in [-0.39, 0.29) is 0 Å². The van der Waals surface area contributed by atoms with Crippen molar-refractivity contribution in [3.05, 3.63) is 99.6 Å². The van der Waals surface area contributed by atoms with Crippen LogP contribution in [-0.4, -0.2) is 9.78 Å². The second kappa shape index (κ2) is 10.7. The molecule has 0 atom stereocenters. The van der Waals surface area contributed by atoms with Crippen molar-refractivity contribution < 1.29 is 0 Å². The zero-order valence-electron chi connectivity index (χ0n) is 16.0. The molecular formula is C22H20Br2N6. The molecule has 0 amide bonds. The van der Waals surface area contributed by atoms with Gasteiger partial charge in [0.15, 0.2) is 0 Å². The van der Waals surface area contributed by atoms with E-state index in [1.54, 1.807) is 16.9 Å². The van der Waals surface area contributed by atoms with Crippen LogP contribution in [-0.2, 0) is 6.54 Å². The smallest absolute Gasteiger partial charge is 0.122 e. The van der Waals surface area contributed by atoms with Crippen LogP contribution in [0.1, 0.15) is 5.56 Å². The van der Waals surface area contributed by atoms with Gasteiger partial charge in [0.2, 0.25) is 0 Å². The quantitative estimate of drug-likeness (QED) is 0.227. The van der Waals surface area contributed by atoms with Crippen LogP contribution in [0.2, 0.25) is 0 Å². The lowest BCUT2D eigenvalue weighted by atomic mass is 10.2. The van der Waals surface area contributed by atoms with Crippen molar-refractivity contribution in [2.75, 3.05) is 11.5 Å². The predicted molar refractivity (Wildman–Crippen MR) is 129 cm³/mol. The molecule has 8 heteroatoms. The highest BCUT2D eigenvalue weighted by atomic mass is 79.9. The minimum absolute atomic E-state index is 0.656. The van der Waals surface area contributed by atoms with E-state index in [1.165, 1.54) is 5.56 Å². The third-order valence-electron chi connectivity index (χ3n) is 4.03. The highest BCUT2D eigenvalue weighted by Gasteiger charge is 2.03. The lowest BCUT2D eigenvalue weighted by Gasteiger charge is -2.03. The first kappa shape index (κ1) is 21.7. The molecule has 0 saturated heterocycles. The van der Waals surface area contributed by atoms with Gasteiger partial charge in [-0.25, -0.2) is 4.68 Å². The maximum Gasteiger partial charge on any atom is 0.122 e. The van der Waals surface area contributed by atoms with E-state index in [4.69, 9.17) is 11.5 Å². The Morgan fingerprint density at radius 1 is 0.767 bits per heavy atom. The van der Waals surface area contributed by atoms with Crippen LogP contribution in [0.4, 0.5) is 22.9 Å². The van der Waals surface area contributed by atoms with Crippen molar-refractivity contribution in [3.63, 3.8) is 0 Å². The van der Waals surface area contributed by atoms with Gasteiger partial charge in [0.05, 0.1) is 29.8 Å². The van der Waals surface area contributed by atoms with Crippen LogP contribution in [0.5, 0.6) is 0 Å². The van der Waals surface area contributed by atoms with Crippen molar-refractivity contribution in [3.8, 4) is 0 Å². The normalized spacial score (nSPS) is 10.6. The summed E-state index contributed by atoms with van der Waals surface area (Å²) in [4.78, 5) is 0. The Balaban J connectivity index is 0.000000177. The molecule has 3 aromatic carbocycles. The number of azo groups is 1. The molecule has 0 aliphatic heterocycles. The van der Waals surface area contributed by atoms with Gasteiger partial charge in [-0.2, -0.15) is 15.3 Å². The maximum absolute atomic E-state index is 5.79. The Morgan fingerprint density at radius 2 is 1.33 bits per heavy atom. The molecule has 152 valence electrons. The molecule has 0 spiro atoms. The van der Waals surface area contributed by atoms with Crippen LogP contribution in [0, 0.1) is 0 Å². The van der Waals surface area contributed by atoms with E-state index < -0.39 is 0 Å². The first-order valence-electron chi connectivity index (χ1n) is 9.05. The molecule has 0 fully saturated rings. The standard InChI is InChI=1S/C12H9Br2N3.C10H11N3/c13-10-6-9(7-11(14)12(10)15)17-16-8-4-2-1-3-5-8;11-10-6-7-12-13(10)8-9-4-2-1-3-5-9/h1-7H,15H2;1-7H,8,11H2/b17-16+;. The topological polar surface area (TPSA) is 94.6 Å². The van der Waals surface area contributed by atoms with E-state index in [0.717, 1.165) is 26.9 Å². The zero-order chi connectivity index (χ0) is 21.3. The summed E-state index contributed by atoms with van der Waals surface area (Å²) in [5.41, 5.74) is 14.9. The number of rotatable bonds is 4. The van der Waals surface area contributed by atoms with Crippen molar-refractivity contribution in [2.24, 2.45) is 10.2 Å². The Labute approximate surface area is 191 Å². The summed E-state index contributed by atoms with van der Waals surface area (Å²) in [6.07, 6.45) is 1.71. The van der Waals surface area contributed by atoms with Gasteiger partial charge >= 0.3 is 0 Å². The lowest BCUT2D eigenvalue weighted by molar-refractivity contribution is 0.697. The average Bonchev–Trinajstić information content (AvgIpc) is 3.17. The molecule has 4 N–H and O–H groups in total. The van der Waals surface area contributed by atoms with Gasteiger partial charge in [0, 0.05) is 8.95 Å². The Hall–Kier alpha value is -2.97. The first-order chi connectivity index (χ1) is 14.5. The summed E-state index contributed by atoms with van der Waals surface area (Å²) in [5.74, 6) is 0.698. The second-order valence-electron chi connectivity index (χ2n) is 6.26. The van der Waals surface area contributed by atoms with Crippen molar-refractivity contribution in [1.29, 1.82) is 0 Å². The van der Waals surface area contributed by atoms with Gasteiger partial charge in [-0.05, 0) is 67.8 Å². The van der Waals surface area contributed by atoms with Gasteiger partial charge in [-0.3, -0.25) is 0 Å². The highest BCUT2D eigenvalue weighted by Crippen LogP contribution is 2.33. The van der Waals surface area contributed by atoms with Crippen LogP contribution < -0.4 is 11.5 Å². The Morgan fingerprint density at radius 3 is 1.90 bits per heavy atom. The third kappa shape index (κ3) is 6.27. The summed E-state index contributed by atoms with van der Waals surface area (Å²) in [7, 11) is 0. The van der Waals surface area contributed by atoms with Crippen molar-refractivity contribution in [2.45, 2.75) is 6.54 Å². The minimum Gasteiger partial charge on any atom is -0.397 e. The molecule has 4 rings (SSSR count). The maximum atomic E-state index is 5.79. The SMILES string of the molecule is Nc1c(Br)cc(/N=N/c2ccccc2)cc1Br.Nc1ccnn1Cc1ccccc1. The number of halogens is 2. The summed E-state index contributed by atoms with van der Waals surface area (Å²) >= 11 is 6.73. The van der Waals surface area contributed by atoms with E-state index in [9.17, 15) is 0 Å². The number of benzene rings is 3. The van der Waals surface area contributed by atoms with Crippen LogP contribution in [0.3, 0.4) is 0 Å². The number of hydrogen-bond donors (Lipinski definition) is 2. The Bertz CT molecular complexity index is 1090. The Kier molecular flexibility index (Phi) is 7.75. The van der Waals surface area contributed by atoms with Crippen molar-refractivity contribution in [1.82, 2.24) is 9.78 Å². The summed E-state index contributed by atoms with van der Waals surface area (Å²) in [5, 5.41) is 12.4. The fraction of sp³-hybridized carbons (Fsp3) is 0.0455. The van der Waals surface area contributed by atoms with E-state index in [1.807, 2.05) is 60.7 Å². The number of anilines is 2. The monoisotopic (exact) mass is 526 g/mol. The predicted octanol–water partition coefficient (Wildman–Crippen LogP) is 6.72. The summed E-state index contributed by atoms with van der Waals surface area (Å²) in [6.45, 7) is 0.736. The minimum atomic E-state index is 0.656. The van der Waals surface area contributed by atoms with Gasteiger partial charge in [-0.1, -0.05) is 48.5 Å². The van der Waals surface area contributed by atoms with Gasteiger partial charge in [0.1, 0.15) is 5.82 Å². The summed E-state index contributed by atoms with van der Waals surface area (Å²) < 4.78 is 3.37. The number of nitrogen functional groups attached to an aromatic ring is 2. The van der Waals surface area contributed by atoms with Crippen molar-refractivity contribution >= 4 is 54.7 Å². The van der Waals surface area contributed by atoms with Crippen LogP contribution in [0.15, 0.2) is 104 Å². The molecule has 4 aromatic rings. The van der Waals surface area contributed by atoms with E-state index >= 15 is 0 Å². The number of nitrogens with zero attached hydrogens (tertiary/aromatic N) is 4. The fourth-order valence-electron chi connectivity index (χ4n) is 2.47. The molecule has 6 nitrogen and oxygen atoms in total. The highest BCUT2D eigenvalue weighted by molar-refractivity contribution is 9.11. The molecule has 0 aliphatic rings. The van der Waals surface area contributed by atoms with Crippen LogP contribution >= 0.6 is 31.9 Å². The second-order valence-corrected chi connectivity index (χ2v) is 7.97. The number of aromatic nitrogens is 2. The van der Waals surface area contributed by atoms with E-state index in [0.29, 0.717) is 11.5 Å². The van der Waals surface area contributed by atoms with Gasteiger partial charge < -0.3 is 11.5 Å². The first-order valence-corrected chi connectivity index (χ1v) is 10.6. The zero-order valence-corrected chi connectivity index (χ0v) is 19.2. The molecule has 0 aliphatic carbocycles. The molecule has 30 heavy (non-hydrogen) atoms.